The molecule has 7 heteroatoms. The molecule has 0 spiro atoms. The Morgan fingerprint density at radius 3 is 2.73 bits per heavy atom. The number of fused-ring (bicyclic) bond motifs is 1. The molecule has 0 bridgehead atoms. The number of benzene rings is 1. The van der Waals surface area contributed by atoms with Gasteiger partial charge in [0.25, 0.3) is 5.56 Å². The summed E-state index contributed by atoms with van der Waals surface area (Å²) in [7, 11) is 1.46. The largest absolute Gasteiger partial charge is 0.457 e. The van der Waals surface area contributed by atoms with Crippen LogP contribution in [0.25, 0.3) is 5.65 Å². The zero-order valence-electron chi connectivity index (χ0n) is 14.1. The number of nitrogens with zero attached hydrogens (tertiary/aromatic N) is 2. The summed E-state index contributed by atoms with van der Waals surface area (Å²) in [5.41, 5.74) is 1.46. The Labute approximate surface area is 155 Å². The second kappa shape index (κ2) is 8.12. The highest BCUT2D eigenvalue weighted by Gasteiger charge is 2.20. The van der Waals surface area contributed by atoms with E-state index >= 15 is 0 Å². The third-order valence-corrected chi connectivity index (χ3v) is 4.07. The van der Waals surface area contributed by atoms with Crippen LogP contribution in [-0.4, -0.2) is 28.6 Å². The lowest BCUT2D eigenvalue weighted by Gasteiger charge is -2.14. The average molecular weight is 373 g/mol. The fourth-order valence-electron chi connectivity index (χ4n) is 2.53. The Balaban J connectivity index is 1.69. The minimum atomic E-state index is -0.724. The number of hydrogen-bond acceptors (Lipinski definition) is 5. The maximum atomic E-state index is 12.3. The summed E-state index contributed by atoms with van der Waals surface area (Å²) in [6.07, 6.45) is 1.17. The van der Waals surface area contributed by atoms with E-state index in [1.807, 2.05) is 30.3 Å². The molecule has 3 rings (SSSR count). The van der Waals surface area contributed by atoms with Gasteiger partial charge in [0, 0.05) is 25.8 Å². The number of hydrogen-bond donors (Lipinski definition) is 0. The van der Waals surface area contributed by atoms with Crippen LogP contribution in [-0.2, 0) is 27.3 Å². The molecule has 0 aliphatic carbocycles. The first-order chi connectivity index (χ1) is 12.6. The Kier molecular flexibility index (Phi) is 5.65. The number of methoxy groups -OCH3 is 1. The minimum absolute atomic E-state index is 0.109. The molecular formula is C19H17ClN2O4. The smallest absolute Gasteiger partial charge is 0.335 e. The van der Waals surface area contributed by atoms with Crippen molar-refractivity contribution < 1.29 is 14.3 Å². The van der Waals surface area contributed by atoms with Crippen molar-refractivity contribution in [1.29, 1.82) is 0 Å². The third kappa shape index (κ3) is 4.28. The lowest BCUT2D eigenvalue weighted by molar-refractivity contribution is -0.156. The Hall–Kier alpha value is -2.70. The fourth-order valence-corrected chi connectivity index (χ4v) is 2.69. The van der Waals surface area contributed by atoms with E-state index in [9.17, 15) is 9.59 Å². The van der Waals surface area contributed by atoms with Gasteiger partial charge in [-0.2, -0.15) is 0 Å². The maximum absolute atomic E-state index is 12.3. The SMILES string of the molecule is COC(Cc1ccccc1)C(=O)OCc1cc(=O)n2cc(Cl)ccc2n1. The van der Waals surface area contributed by atoms with Gasteiger partial charge in [0.15, 0.2) is 6.10 Å². The van der Waals surface area contributed by atoms with E-state index in [0.29, 0.717) is 22.8 Å². The van der Waals surface area contributed by atoms with Gasteiger partial charge in [-0.1, -0.05) is 41.9 Å². The normalized spacial score (nSPS) is 12.1. The van der Waals surface area contributed by atoms with Crippen LogP contribution in [0.4, 0.5) is 0 Å². The Morgan fingerprint density at radius 1 is 1.23 bits per heavy atom. The van der Waals surface area contributed by atoms with Gasteiger partial charge in [-0.15, -0.1) is 0 Å². The number of carbonyl (C=O) groups excluding carboxylic acids is 1. The van der Waals surface area contributed by atoms with Crippen molar-refractivity contribution in [1.82, 2.24) is 9.38 Å². The highest BCUT2D eigenvalue weighted by Crippen LogP contribution is 2.10. The van der Waals surface area contributed by atoms with Gasteiger partial charge < -0.3 is 9.47 Å². The maximum Gasteiger partial charge on any atom is 0.335 e. The second-order valence-electron chi connectivity index (χ2n) is 5.68. The first kappa shape index (κ1) is 18.1. The second-order valence-corrected chi connectivity index (χ2v) is 6.12. The molecule has 2 heterocycles. The number of ether oxygens (including phenoxy) is 2. The summed E-state index contributed by atoms with van der Waals surface area (Å²) < 4.78 is 11.9. The monoisotopic (exact) mass is 372 g/mol. The van der Waals surface area contributed by atoms with E-state index in [1.165, 1.54) is 23.8 Å². The topological polar surface area (TPSA) is 69.9 Å². The van der Waals surface area contributed by atoms with Crippen LogP contribution in [0.15, 0.2) is 59.5 Å². The zero-order valence-corrected chi connectivity index (χ0v) is 14.8. The number of pyridine rings is 1. The van der Waals surface area contributed by atoms with E-state index in [2.05, 4.69) is 4.98 Å². The zero-order chi connectivity index (χ0) is 18.5. The Morgan fingerprint density at radius 2 is 2.00 bits per heavy atom. The molecule has 0 aliphatic heterocycles. The van der Waals surface area contributed by atoms with Crippen molar-refractivity contribution >= 4 is 23.2 Å². The molecule has 0 saturated heterocycles. The molecular weight excluding hydrogens is 356 g/mol. The lowest BCUT2D eigenvalue weighted by atomic mass is 10.1. The van der Waals surface area contributed by atoms with Crippen LogP contribution in [0, 0.1) is 0 Å². The van der Waals surface area contributed by atoms with Gasteiger partial charge in [0.2, 0.25) is 0 Å². The number of rotatable bonds is 6. The van der Waals surface area contributed by atoms with Crippen molar-refractivity contribution in [2.45, 2.75) is 19.1 Å². The molecule has 1 unspecified atom stereocenters. The van der Waals surface area contributed by atoms with Gasteiger partial charge in [-0.3, -0.25) is 9.20 Å². The van der Waals surface area contributed by atoms with E-state index in [-0.39, 0.29) is 12.2 Å². The molecule has 2 aromatic heterocycles. The summed E-state index contributed by atoms with van der Waals surface area (Å²) in [4.78, 5) is 28.7. The standard InChI is InChI=1S/C19H17ClN2O4/c1-25-16(9-13-5-3-2-4-6-13)19(24)26-12-15-10-18(23)22-11-14(20)7-8-17(22)21-15/h2-8,10-11,16H,9,12H2,1H3. The van der Waals surface area contributed by atoms with Gasteiger partial charge >= 0.3 is 5.97 Å². The predicted octanol–water partition coefficient (Wildman–Crippen LogP) is 2.65. The fraction of sp³-hybridized carbons (Fsp3) is 0.211. The minimum Gasteiger partial charge on any atom is -0.457 e. The van der Waals surface area contributed by atoms with Crippen LogP contribution >= 0.6 is 11.6 Å². The van der Waals surface area contributed by atoms with E-state index < -0.39 is 12.1 Å². The third-order valence-electron chi connectivity index (χ3n) is 3.85. The van der Waals surface area contributed by atoms with Crippen molar-refractivity contribution in [3.05, 3.63) is 81.4 Å². The Bertz CT molecular complexity index is 972. The molecule has 134 valence electrons. The molecule has 0 fully saturated rings. The van der Waals surface area contributed by atoms with E-state index in [0.717, 1.165) is 5.56 Å². The molecule has 6 nitrogen and oxygen atoms in total. The van der Waals surface area contributed by atoms with Crippen molar-refractivity contribution in [3.63, 3.8) is 0 Å². The van der Waals surface area contributed by atoms with Crippen LogP contribution < -0.4 is 5.56 Å². The lowest BCUT2D eigenvalue weighted by Crippen LogP contribution is -2.28. The highest BCUT2D eigenvalue weighted by molar-refractivity contribution is 6.30. The average Bonchev–Trinajstić information content (AvgIpc) is 2.65. The van der Waals surface area contributed by atoms with E-state index in [4.69, 9.17) is 21.1 Å². The number of esters is 1. The number of halogens is 1. The van der Waals surface area contributed by atoms with Gasteiger partial charge in [0.1, 0.15) is 12.3 Å². The van der Waals surface area contributed by atoms with Crippen LogP contribution in [0.3, 0.4) is 0 Å². The number of carbonyl (C=O) groups is 1. The summed E-state index contributed by atoms with van der Waals surface area (Å²) in [6.45, 7) is -0.109. The molecule has 0 amide bonds. The summed E-state index contributed by atoms with van der Waals surface area (Å²) in [6, 6.07) is 14.1. The highest BCUT2D eigenvalue weighted by atomic mass is 35.5. The number of aromatic nitrogens is 2. The first-order valence-corrected chi connectivity index (χ1v) is 8.36. The predicted molar refractivity (Wildman–Crippen MR) is 97.2 cm³/mol. The molecule has 0 aliphatic rings. The van der Waals surface area contributed by atoms with Gasteiger partial charge in [0.05, 0.1) is 10.7 Å². The molecule has 0 saturated carbocycles. The van der Waals surface area contributed by atoms with Gasteiger partial charge in [-0.25, -0.2) is 9.78 Å². The summed E-state index contributed by atoms with van der Waals surface area (Å²) in [5.74, 6) is -0.505. The van der Waals surface area contributed by atoms with E-state index in [1.54, 1.807) is 12.1 Å². The molecule has 1 atom stereocenters. The molecule has 3 aromatic rings. The summed E-state index contributed by atoms with van der Waals surface area (Å²) in [5, 5.41) is 0.435. The van der Waals surface area contributed by atoms with Crippen LogP contribution in [0.5, 0.6) is 0 Å². The quantitative estimate of drug-likeness (QED) is 0.622. The van der Waals surface area contributed by atoms with Crippen molar-refractivity contribution in [2.24, 2.45) is 0 Å². The van der Waals surface area contributed by atoms with Crippen molar-refractivity contribution in [3.8, 4) is 0 Å². The molecule has 0 N–H and O–H groups in total. The van der Waals surface area contributed by atoms with Crippen molar-refractivity contribution in [2.75, 3.05) is 7.11 Å². The van der Waals surface area contributed by atoms with Crippen LogP contribution in [0.1, 0.15) is 11.3 Å². The van der Waals surface area contributed by atoms with Crippen LogP contribution in [0.2, 0.25) is 5.02 Å². The summed E-state index contributed by atoms with van der Waals surface area (Å²) >= 11 is 5.88. The van der Waals surface area contributed by atoms with Gasteiger partial charge in [-0.05, 0) is 17.7 Å². The molecule has 1 aromatic carbocycles. The first-order valence-electron chi connectivity index (χ1n) is 7.98. The molecule has 0 radical (unpaired) electrons. The molecule has 26 heavy (non-hydrogen) atoms.